The molecule has 0 fully saturated rings. The highest BCUT2D eigenvalue weighted by Crippen LogP contribution is 2.30. The molecule has 1 heterocycles. The van der Waals surface area contributed by atoms with Crippen LogP contribution in [-0.4, -0.2) is 29.9 Å². The first kappa shape index (κ1) is 20.2. The number of methoxy groups -OCH3 is 1. The van der Waals surface area contributed by atoms with Crippen molar-refractivity contribution < 1.29 is 32.2 Å². The van der Waals surface area contributed by atoms with Crippen molar-refractivity contribution in [3.63, 3.8) is 0 Å². The maximum Gasteiger partial charge on any atom is 0.387 e. The zero-order valence-electron chi connectivity index (χ0n) is 15.9. The lowest BCUT2D eigenvalue weighted by molar-refractivity contribution is -0.0512. The third kappa shape index (κ3) is 4.87. The first-order valence-electron chi connectivity index (χ1n) is 8.61. The Morgan fingerprint density at radius 1 is 1.07 bits per heavy atom. The van der Waals surface area contributed by atoms with Crippen LogP contribution in [0.2, 0.25) is 0 Å². The molecule has 29 heavy (non-hydrogen) atoms. The molecule has 152 valence electrons. The number of benzene rings is 2. The van der Waals surface area contributed by atoms with E-state index in [4.69, 9.17) is 13.9 Å². The van der Waals surface area contributed by atoms with Gasteiger partial charge in [0.2, 0.25) is 5.89 Å². The largest absolute Gasteiger partial charge is 0.493 e. The Hall–Kier alpha value is -3.49. The third-order valence-electron chi connectivity index (χ3n) is 3.99. The second-order valence-electron chi connectivity index (χ2n) is 6.10. The van der Waals surface area contributed by atoms with Crippen molar-refractivity contribution in [1.29, 1.82) is 0 Å². The first-order valence-corrected chi connectivity index (χ1v) is 8.61. The summed E-state index contributed by atoms with van der Waals surface area (Å²) in [6.45, 7) is 0.531. The van der Waals surface area contributed by atoms with Crippen molar-refractivity contribution in [1.82, 2.24) is 10.2 Å². The van der Waals surface area contributed by atoms with Gasteiger partial charge in [-0.1, -0.05) is 17.7 Å². The smallest absolute Gasteiger partial charge is 0.387 e. The van der Waals surface area contributed by atoms with E-state index in [0.29, 0.717) is 5.89 Å². The lowest BCUT2D eigenvalue weighted by Gasteiger charge is -2.12. The number of ether oxygens (including phenoxy) is 3. The van der Waals surface area contributed by atoms with E-state index in [1.807, 2.05) is 31.2 Å². The minimum Gasteiger partial charge on any atom is -0.493 e. The summed E-state index contributed by atoms with van der Waals surface area (Å²) in [7, 11) is 1.27. The highest BCUT2D eigenvalue weighted by molar-refractivity contribution is 5.90. The number of alkyl halides is 2. The highest BCUT2D eigenvalue weighted by Gasteiger charge is 2.21. The van der Waals surface area contributed by atoms with Crippen LogP contribution in [0, 0.1) is 6.92 Å². The number of hydrogen-bond acceptors (Lipinski definition) is 7. The summed E-state index contributed by atoms with van der Waals surface area (Å²) in [6, 6.07) is 11.3. The first-order chi connectivity index (χ1) is 13.9. The van der Waals surface area contributed by atoms with Gasteiger partial charge in [0, 0.05) is 5.56 Å². The molecular formula is C20H18F2N2O5. The third-order valence-corrected chi connectivity index (χ3v) is 3.99. The van der Waals surface area contributed by atoms with Crippen molar-refractivity contribution in [3.8, 4) is 23.0 Å². The summed E-state index contributed by atoms with van der Waals surface area (Å²) in [6.07, 6.45) is -0.822. The maximum absolute atomic E-state index is 12.4. The number of aromatic nitrogens is 2. The average molecular weight is 404 g/mol. The van der Waals surface area contributed by atoms with E-state index in [1.165, 1.54) is 25.3 Å². The molecule has 3 rings (SSSR count). The molecule has 0 aliphatic carbocycles. The molecule has 2 aromatic carbocycles. The predicted octanol–water partition coefficient (Wildman–Crippen LogP) is 4.57. The van der Waals surface area contributed by atoms with Gasteiger partial charge in [0.05, 0.1) is 12.7 Å². The fraction of sp³-hybridized carbons (Fsp3) is 0.250. The normalized spacial score (nSPS) is 11.9. The Balaban J connectivity index is 1.71. The fourth-order valence-corrected chi connectivity index (χ4v) is 2.48. The molecule has 0 saturated heterocycles. The number of nitrogens with zero attached hydrogens (tertiary/aromatic N) is 2. The minimum absolute atomic E-state index is 0.0214. The summed E-state index contributed by atoms with van der Waals surface area (Å²) in [5.41, 5.74) is 1.93. The Kier molecular flexibility index (Phi) is 6.06. The average Bonchev–Trinajstić information content (AvgIpc) is 3.18. The molecule has 0 amide bonds. The van der Waals surface area contributed by atoms with Crippen molar-refractivity contribution >= 4 is 5.97 Å². The van der Waals surface area contributed by atoms with Crippen molar-refractivity contribution in [2.24, 2.45) is 0 Å². The van der Waals surface area contributed by atoms with Gasteiger partial charge in [-0.15, -0.1) is 10.2 Å². The van der Waals surface area contributed by atoms with Crippen LogP contribution in [-0.2, 0) is 4.74 Å². The van der Waals surface area contributed by atoms with Gasteiger partial charge in [-0.05, 0) is 44.2 Å². The van der Waals surface area contributed by atoms with Gasteiger partial charge in [-0.25, -0.2) is 4.79 Å². The van der Waals surface area contributed by atoms with Crippen LogP contribution in [0.1, 0.15) is 34.8 Å². The van der Waals surface area contributed by atoms with Gasteiger partial charge in [0.1, 0.15) is 0 Å². The Morgan fingerprint density at radius 3 is 2.45 bits per heavy atom. The molecule has 1 aromatic heterocycles. The molecule has 0 aliphatic heterocycles. The molecule has 7 nitrogen and oxygen atoms in total. The second kappa shape index (κ2) is 8.68. The standard InChI is InChI=1S/C20H18F2N2O5/c1-11-4-6-13(7-5-11)18-24-23-17(29-18)12(2)27-19(25)14-8-9-15(28-20(21)22)16(10-14)26-3/h4-10,12,20H,1-3H3/t12-/m1/s1. The zero-order chi connectivity index (χ0) is 21.0. The summed E-state index contributed by atoms with van der Waals surface area (Å²) in [4.78, 5) is 12.4. The number of carbonyl (C=O) groups is 1. The van der Waals surface area contributed by atoms with Crippen LogP contribution in [0.3, 0.4) is 0 Å². The summed E-state index contributed by atoms with van der Waals surface area (Å²) >= 11 is 0. The quantitative estimate of drug-likeness (QED) is 0.533. The van der Waals surface area contributed by atoms with E-state index >= 15 is 0 Å². The zero-order valence-corrected chi connectivity index (χ0v) is 15.9. The lowest BCUT2D eigenvalue weighted by atomic mass is 10.1. The Labute approximate surface area is 165 Å². The van der Waals surface area contributed by atoms with Gasteiger partial charge in [0.25, 0.3) is 5.89 Å². The fourth-order valence-electron chi connectivity index (χ4n) is 2.48. The van der Waals surface area contributed by atoms with Crippen LogP contribution < -0.4 is 9.47 Å². The van der Waals surface area contributed by atoms with Gasteiger partial charge in [-0.2, -0.15) is 8.78 Å². The molecule has 0 unspecified atom stereocenters. The molecular weight excluding hydrogens is 386 g/mol. The number of halogens is 2. The summed E-state index contributed by atoms with van der Waals surface area (Å²) < 4.78 is 45.0. The van der Waals surface area contributed by atoms with Crippen LogP contribution in [0.25, 0.3) is 11.5 Å². The molecule has 0 aliphatic rings. The van der Waals surface area contributed by atoms with Crippen molar-refractivity contribution in [3.05, 3.63) is 59.5 Å². The topological polar surface area (TPSA) is 83.7 Å². The van der Waals surface area contributed by atoms with Gasteiger partial charge in [-0.3, -0.25) is 0 Å². The minimum atomic E-state index is -3.01. The Morgan fingerprint density at radius 2 is 1.79 bits per heavy atom. The SMILES string of the molecule is COc1cc(C(=O)O[C@H](C)c2nnc(-c3ccc(C)cc3)o2)ccc1OC(F)F. The predicted molar refractivity (Wildman–Crippen MR) is 97.9 cm³/mol. The number of aryl methyl sites for hydroxylation is 1. The van der Waals surface area contributed by atoms with E-state index in [2.05, 4.69) is 14.9 Å². The molecule has 9 heteroatoms. The van der Waals surface area contributed by atoms with Crippen LogP contribution >= 0.6 is 0 Å². The van der Waals surface area contributed by atoms with E-state index in [-0.39, 0.29) is 23.0 Å². The Bertz CT molecular complexity index is 989. The van der Waals surface area contributed by atoms with Gasteiger partial charge >= 0.3 is 12.6 Å². The molecule has 0 N–H and O–H groups in total. The van der Waals surface area contributed by atoms with E-state index in [0.717, 1.165) is 11.1 Å². The van der Waals surface area contributed by atoms with Crippen LogP contribution in [0.5, 0.6) is 11.5 Å². The number of carbonyl (C=O) groups excluding carboxylic acids is 1. The molecule has 0 bridgehead atoms. The molecule has 3 aromatic rings. The van der Waals surface area contributed by atoms with Gasteiger partial charge in [0.15, 0.2) is 17.6 Å². The van der Waals surface area contributed by atoms with E-state index in [1.54, 1.807) is 6.92 Å². The number of esters is 1. The maximum atomic E-state index is 12.4. The molecule has 0 saturated carbocycles. The molecule has 1 atom stereocenters. The van der Waals surface area contributed by atoms with Crippen LogP contribution in [0.15, 0.2) is 46.9 Å². The highest BCUT2D eigenvalue weighted by atomic mass is 19.3. The number of hydrogen-bond donors (Lipinski definition) is 0. The van der Waals surface area contributed by atoms with Crippen molar-refractivity contribution in [2.75, 3.05) is 7.11 Å². The monoisotopic (exact) mass is 404 g/mol. The number of rotatable bonds is 7. The van der Waals surface area contributed by atoms with E-state index in [9.17, 15) is 13.6 Å². The summed E-state index contributed by atoms with van der Waals surface area (Å²) in [5, 5.41) is 7.89. The van der Waals surface area contributed by atoms with Crippen molar-refractivity contribution in [2.45, 2.75) is 26.6 Å². The van der Waals surface area contributed by atoms with E-state index < -0.39 is 18.7 Å². The van der Waals surface area contributed by atoms with Gasteiger partial charge < -0.3 is 18.6 Å². The molecule has 0 radical (unpaired) electrons. The molecule has 0 spiro atoms. The summed E-state index contributed by atoms with van der Waals surface area (Å²) in [5.74, 6) is -0.496. The van der Waals surface area contributed by atoms with Crippen LogP contribution in [0.4, 0.5) is 8.78 Å². The lowest BCUT2D eigenvalue weighted by Crippen LogP contribution is -2.10. The second-order valence-corrected chi connectivity index (χ2v) is 6.10.